The SMILES string of the molecule is C=C(C)C(=O)OC(C)(C)C.C=C(C)C(=O)OC(C)(C)C(C)C.C=C(C)C(=O)OC(C)(C)C12CC3CC(CC(C3)C1)C2.C=C(C)C(=O)OC(C)(CC)C12CC3CC(CC(C3)C1)C2.C=C(C)C(=O)OC1(C(C)C)CCCC1.C=C(C)C(=O)OC1(C)CCCC1.C=C(C)C(=O)OC1(CC)CCCC1. The highest BCUT2D eigenvalue weighted by molar-refractivity contribution is 5.90. The predicted octanol–water partition coefficient (Wildman–Crippen LogP) is 21.4. The predicted molar refractivity (Wildman–Crippen MR) is 403 cm³/mol. The zero-order valence-electron chi connectivity index (χ0n) is 67.2. The lowest BCUT2D eigenvalue weighted by Crippen LogP contribution is -2.58. The minimum atomic E-state index is -0.407. The third-order valence-electron chi connectivity index (χ3n) is 23.7. The molecule has 14 nitrogen and oxygen atoms in total. The van der Waals surface area contributed by atoms with Gasteiger partial charge in [-0.1, -0.05) is 87.6 Å². The highest BCUT2D eigenvalue weighted by Crippen LogP contribution is 2.66. The summed E-state index contributed by atoms with van der Waals surface area (Å²) in [5, 5.41) is 0. The minimum absolute atomic E-state index is 0.171. The van der Waals surface area contributed by atoms with Gasteiger partial charge >= 0.3 is 41.8 Å². The van der Waals surface area contributed by atoms with Crippen molar-refractivity contribution in [1.82, 2.24) is 0 Å². The van der Waals surface area contributed by atoms with E-state index in [1.54, 1.807) is 48.5 Å². The van der Waals surface area contributed by atoms with Crippen molar-refractivity contribution in [2.45, 2.75) is 358 Å². The van der Waals surface area contributed by atoms with Crippen LogP contribution in [-0.2, 0) is 66.7 Å². The molecule has 0 heterocycles. The summed E-state index contributed by atoms with van der Waals surface area (Å²) < 4.78 is 38.4. The van der Waals surface area contributed by atoms with Crippen LogP contribution in [0.5, 0.6) is 0 Å². The fourth-order valence-electron chi connectivity index (χ4n) is 17.1. The fourth-order valence-corrected chi connectivity index (χ4v) is 17.1. The molecule has 11 fully saturated rings. The molecule has 11 saturated carbocycles. The van der Waals surface area contributed by atoms with Crippen molar-refractivity contribution in [2.75, 3.05) is 0 Å². The van der Waals surface area contributed by atoms with Crippen LogP contribution in [0.3, 0.4) is 0 Å². The van der Waals surface area contributed by atoms with Crippen LogP contribution >= 0.6 is 0 Å². The molecule has 0 aromatic heterocycles. The zero-order valence-corrected chi connectivity index (χ0v) is 67.2. The third kappa shape index (κ3) is 25.4. The largest absolute Gasteiger partial charge is 0.457 e. The monoisotopic (exact) mass is 1400 g/mol. The second-order valence-electron chi connectivity index (χ2n) is 35.4. The summed E-state index contributed by atoms with van der Waals surface area (Å²) in [5.74, 6) is 4.23. The Morgan fingerprint density at radius 3 is 1.00 bits per heavy atom. The van der Waals surface area contributed by atoms with Gasteiger partial charge < -0.3 is 33.2 Å². The molecular formula is C86H140O14. The molecule has 0 aromatic rings. The maximum absolute atomic E-state index is 12.1. The van der Waals surface area contributed by atoms with Crippen LogP contribution in [0, 0.1) is 58.2 Å². The summed E-state index contributed by atoms with van der Waals surface area (Å²) in [7, 11) is 0. The van der Waals surface area contributed by atoms with Crippen molar-refractivity contribution in [3.05, 3.63) is 85.1 Å². The molecule has 8 bridgehead atoms. The highest BCUT2D eigenvalue weighted by atomic mass is 16.6. The molecule has 0 radical (unpaired) electrons. The maximum Gasteiger partial charge on any atom is 0.333 e. The third-order valence-corrected chi connectivity index (χ3v) is 23.7. The van der Waals surface area contributed by atoms with Crippen molar-refractivity contribution >= 4 is 41.8 Å². The van der Waals surface area contributed by atoms with Gasteiger partial charge in [0, 0.05) is 49.8 Å². The first-order valence-electron chi connectivity index (χ1n) is 38.1. The first-order valence-corrected chi connectivity index (χ1v) is 38.1. The quantitative estimate of drug-likeness (QED) is 0.0676. The number of carbonyl (C=O) groups excluding carboxylic acids is 7. The van der Waals surface area contributed by atoms with E-state index in [4.69, 9.17) is 33.2 Å². The van der Waals surface area contributed by atoms with E-state index < -0.39 is 11.2 Å². The summed E-state index contributed by atoms with van der Waals surface area (Å²) >= 11 is 0. The Balaban J connectivity index is 0.000000308. The summed E-state index contributed by atoms with van der Waals surface area (Å²) in [4.78, 5) is 80.0. The molecule has 568 valence electrons. The number of esters is 7. The van der Waals surface area contributed by atoms with Crippen LogP contribution in [0.1, 0.15) is 319 Å². The summed E-state index contributed by atoms with van der Waals surface area (Å²) in [6.45, 7) is 67.3. The van der Waals surface area contributed by atoms with Crippen molar-refractivity contribution in [3.63, 3.8) is 0 Å². The molecule has 0 aliphatic heterocycles. The van der Waals surface area contributed by atoms with E-state index in [1.807, 2.05) is 55.4 Å². The van der Waals surface area contributed by atoms with Gasteiger partial charge in [0.15, 0.2) is 0 Å². The number of hydrogen-bond acceptors (Lipinski definition) is 14. The Hall–Kier alpha value is -5.53. The molecule has 11 aliphatic carbocycles. The molecule has 0 amide bonds. The van der Waals surface area contributed by atoms with Gasteiger partial charge in [0.25, 0.3) is 0 Å². The van der Waals surface area contributed by atoms with Crippen molar-refractivity contribution in [2.24, 2.45) is 58.2 Å². The molecular weight excluding hydrogens is 1260 g/mol. The Labute approximate surface area is 607 Å². The van der Waals surface area contributed by atoms with Crippen LogP contribution in [-0.4, -0.2) is 81.0 Å². The van der Waals surface area contributed by atoms with Gasteiger partial charge in [0.05, 0.1) is 0 Å². The molecule has 0 saturated heterocycles. The molecule has 0 aromatic carbocycles. The molecule has 1 unspecified atom stereocenters. The summed E-state index contributed by atoms with van der Waals surface area (Å²) in [5.41, 5.74) is 1.81. The second-order valence-corrected chi connectivity index (χ2v) is 35.4. The average molecular weight is 1400 g/mol. The smallest absolute Gasteiger partial charge is 0.333 e. The van der Waals surface area contributed by atoms with E-state index in [2.05, 4.69) is 94.5 Å². The summed E-state index contributed by atoms with van der Waals surface area (Å²) in [6.07, 6.45) is 31.0. The lowest BCUT2D eigenvalue weighted by Gasteiger charge is -2.62. The van der Waals surface area contributed by atoms with Gasteiger partial charge in [-0.2, -0.15) is 0 Å². The molecule has 1 atom stereocenters. The van der Waals surface area contributed by atoms with Crippen molar-refractivity contribution < 1.29 is 66.7 Å². The Bertz CT molecular complexity index is 2820. The average Bonchev–Trinajstić information content (AvgIpc) is 1.11. The molecule has 14 heteroatoms. The van der Waals surface area contributed by atoms with E-state index >= 15 is 0 Å². The molecule has 0 spiro atoms. The Morgan fingerprint density at radius 1 is 0.390 bits per heavy atom. The van der Waals surface area contributed by atoms with E-state index in [9.17, 15) is 33.6 Å². The number of ether oxygens (including phenoxy) is 7. The van der Waals surface area contributed by atoms with Gasteiger partial charge in [0.2, 0.25) is 0 Å². The van der Waals surface area contributed by atoms with Gasteiger partial charge in [-0.05, 0) is 325 Å². The maximum atomic E-state index is 12.1. The van der Waals surface area contributed by atoms with Crippen LogP contribution < -0.4 is 0 Å². The van der Waals surface area contributed by atoms with Crippen LogP contribution in [0.15, 0.2) is 85.1 Å². The molecule has 100 heavy (non-hydrogen) atoms. The van der Waals surface area contributed by atoms with Crippen LogP contribution in [0.4, 0.5) is 0 Å². The van der Waals surface area contributed by atoms with Gasteiger partial charge in [-0.25, -0.2) is 33.6 Å². The lowest BCUT2D eigenvalue weighted by atomic mass is 9.45. The van der Waals surface area contributed by atoms with Gasteiger partial charge in [-0.3, -0.25) is 0 Å². The van der Waals surface area contributed by atoms with Gasteiger partial charge in [0.1, 0.15) is 39.2 Å². The van der Waals surface area contributed by atoms with E-state index in [0.29, 0.717) is 50.8 Å². The molecule has 11 rings (SSSR count). The standard InChI is InChI=1S/C18H28O2.C17H26O2.C12H20O2.C11H18O2.C10H16O2.C10H18O2.C8H14O2/c1-5-17(4,20-16(19)12(2)3)18-9-13-6-14(10-18)8-15(7-13)11-18;1-11(2)15(18)19-16(3,4)17-8-12-5-13(9-17)7-14(6-12)10-17;1-9(2)11(13)14-12(10(3)4)7-5-6-8-12;1-4-11(7-5-6-8-11)13-10(12)9(2)3;1-8(2)9(11)12-10(3)6-4-5-7-10;1-7(2)9(11)12-10(5,6)8(3)4;1-6(2)7(9)10-8(3,4)5/h13-15H,2,5-11H2,1,3-4H3;12-14H,1,5-10H2,2-4H3;10H,1,5-8H2,2-4H3;2,4-8H2,1,3H3;1,4-7H2,2-3H3;8H,1H2,2-6H3;1H2,2-5H3. The van der Waals surface area contributed by atoms with Gasteiger partial charge in [-0.15, -0.1) is 0 Å². The topological polar surface area (TPSA) is 184 Å². The fraction of sp³-hybridized carbons (Fsp3) is 0.756. The number of rotatable bonds is 19. The Kier molecular flexibility index (Phi) is 32.6. The van der Waals surface area contributed by atoms with Crippen molar-refractivity contribution in [3.8, 4) is 0 Å². The first-order chi connectivity index (χ1) is 45.9. The second kappa shape index (κ2) is 36.8. The zero-order chi connectivity index (χ0) is 76.5. The molecule has 11 aliphatic rings. The van der Waals surface area contributed by atoms with Crippen molar-refractivity contribution in [1.29, 1.82) is 0 Å². The highest BCUT2D eigenvalue weighted by Gasteiger charge is 2.61. The Morgan fingerprint density at radius 2 is 0.690 bits per heavy atom. The lowest BCUT2D eigenvalue weighted by molar-refractivity contribution is -0.201. The number of carbonyl (C=O) groups is 7. The van der Waals surface area contributed by atoms with E-state index in [-0.39, 0.29) is 80.6 Å². The minimum Gasteiger partial charge on any atom is -0.457 e. The number of hydrogen-bond donors (Lipinski definition) is 0. The van der Waals surface area contributed by atoms with E-state index in [0.717, 1.165) is 86.9 Å². The van der Waals surface area contributed by atoms with Crippen LogP contribution in [0.2, 0.25) is 0 Å². The molecule has 0 N–H and O–H groups in total. The van der Waals surface area contributed by atoms with E-state index in [1.165, 1.54) is 116 Å². The van der Waals surface area contributed by atoms with Crippen LogP contribution in [0.25, 0.3) is 0 Å². The first kappa shape index (κ1) is 88.7. The normalized spacial score (nSPS) is 26.2. The summed E-state index contributed by atoms with van der Waals surface area (Å²) in [6, 6.07) is 0.